The van der Waals surface area contributed by atoms with Gasteiger partial charge in [0.15, 0.2) is 0 Å². The van der Waals surface area contributed by atoms with E-state index in [0.29, 0.717) is 17.7 Å². The predicted molar refractivity (Wildman–Crippen MR) is 68.4 cm³/mol. The van der Waals surface area contributed by atoms with Crippen LogP contribution in [0.1, 0.15) is 36.7 Å². The van der Waals surface area contributed by atoms with Crippen molar-refractivity contribution in [1.82, 2.24) is 9.61 Å². The lowest BCUT2D eigenvalue weighted by Gasteiger charge is -2.01. The molecule has 0 saturated heterocycles. The third-order valence-electron chi connectivity index (χ3n) is 2.26. The number of esters is 1. The van der Waals surface area contributed by atoms with Crippen LogP contribution in [0.4, 0.5) is 0 Å². The summed E-state index contributed by atoms with van der Waals surface area (Å²) in [6.07, 6.45) is 3.16. The molecule has 18 heavy (non-hydrogen) atoms. The lowest BCUT2D eigenvalue weighted by molar-refractivity contribution is 0.0528. The molecule has 0 bridgehead atoms. The molecule has 2 heterocycles. The van der Waals surface area contributed by atoms with Crippen molar-refractivity contribution in [2.75, 3.05) is 6.61 Å². The zero-order valence-corrected chi connectivity index (χ0v) is 10.9. The van der Waals surface area contributed by atoms with Gasteiger partial charge < -0.3 is 9.84 Å². The maximum atomic E-state index is 11.6. The van der Waals surface area contributed by atoms with Crippen LogP contribution in [0, 0.1) is 0 Å². The number of aromatic nitrogens is 2. The molecule has 0 amide bonds. The summed E-state index contributed by atoms with van der Waals surface area (Å²) in [4.78, 5) is 11.6. The van der Waals surface area contributed by atoms with Gasteiger partial charge in [-0.05, 0) is 24.6 Å². The molecule has 0 unspecified atom stereocenters. The number of carbonyl (C=O) groups excluding carboxylic acids is 1. The van der Waals surface area contributed by atoms with Crippen LogP contribution in [0.5, 0.6) is 0 Å². The van der Waals surface area contributed by atoms with E-state index in [0.717, 1.165) is 5.56 Å². The average molecular weight is 250 g/mol. The number of rotatable bonds is 3. The number of hydrogen-bond donors (Lipinski definition) is 1. The van der Waals surface area contributed by atoms with Crippen LogP contribution >= 0.6 is 0 Å². The van der Waals surface area contributed by atoms with Crippen LogP contribution in [0.2, 0.25) is 0 Å². The van der Waals surface area contributed by atoms with E-state index in [1.807, 2.05) is 13.8 Å². The largest absolute Gasteiger partial charge is 0.462 e. The van der Waals surface area contributed by atoms with Crippen molar-refractivity contribution in [2.24, 2.45) is 0 Å². The third kappa shape index (κ3) is 2.87. The molecule has 2 rings (SSSR count). The molecule has 0 atom stereocenters. The molecule has 5 heteroatoms. The fraction of sp³-hybridized carbons (Fsp3) is 0.385. The number of nitrogens with zero attached hydrogens (tertiary/aromatic N) is 2. The molecule has 0 aliphatic rings. The fourth-order valence-corrected chi connectivity index (χ4v) is 1.49. The molecule has 0 saturated carbocycles. The highest BCUT2D eigenvalue weighted by molar-refractivity contribution is 5.96. The predicted octanol–water partition coefficient (Wildman–Crippen LogP) is 2.03. The highest BCUT2D eigenvalue weighted by atomic mass is 16.5. The molecule has 0 spiro atoms. The number of ether oxygens (including phenoxy) is 1. The number of hydrogen-bond acceptors (Lipinski definition) is 4. The SMILES string of the molecule is CC.CCOC(=O)c1cnn2ccc(CO)cc12. The van der Waals surface area contributed by atoms with E-state index in [1.165, 1.54) is 6.20 Å². The van der Waals surface area contributed by atoms with Gasteiger partial charge in [0.2, 0.25) is 0 Å². The molecule has 0 aliphatic carbocycles. The van der Waals surface area contributed by atoms with Gasteiger partial charge in [-0.2, -0.15) is 5.10 Å². The second-order valence-electron chi connectivity index (χ2n) is 3.30. The number of pyridine rings is 1. The normalized spacial score (nSPS) is 9.78. The van der Waals surface area contributed by atoms with E-state index in [4.69, 9.17) is 9.84 Å². The minimum atomic E-state index is -0.396. The number of fused-ring (bicyclic) bond motifs is 1. The van der Waals surface area contributed by atoms with Gasteiger partial charge in [0.25, 0.3) is 0 Å². The minimum absolute atomic E-state index is 0.0655. The van der Waals surface area contributed by atoms with Crippen LogP contribution in [0.15, 0.2) is 24.5 Å². The molecule has 98 valence electrons. The van der Waals surface area contributed by atoms with E-state index in [2.05, 4.69) is 5.10 Å². The van der Waals surface area contributed by atoms with Crippen molar-refractivity contribution in [3.8, 4) is 0 Å². The molecule has 5 nitrogen and oxygen atoms in total. The summed E-state index contributed by atoms with van der Waals surface area (Å²) in [5.74, 6) is -0.396. The molecule has 1 N–H and O–H groups in total. The summed E-state index contributed by atoms with van der Waals surface area (Å²) < 4.78 is 6.49. The second kappa shape index (κ2) is 6.76. The van der Waals surface area contributed by atoms with Gasteiger partial charge in [-0.3, -0.25) is 0 Å². The van der Waals surface area contributed by atoms with Crippen LogP contribution in [-0.2, 0) is 11.3 Å². The standard InChI is InChI=1S/C11H12N2O3.C2H6/c1-2-16-11(15)9-6-12-13-4-3-8(7-14)5-10(9)13;1-2/h3-6,14H,2,7H2,1H3;1-2H3. The zero-order valence-electron chi connectivity index (χ0n) is 10.9. The Hall–Kier alpha value is -1.88. The van der Waals surface area contributed by atoms with E-state index in [9.17, 15) is 4.79 Å². The molecule has 0 fully saturated rings. The molecule has 0 aliphatic heterocycles. The van der Waals surface area contributed by atoms with E-state index < -0.39 is 5.97 Å². The first-order chi connectivity index (χ1) is 8.76. The maximum absolute atomic E-state index is 11.6. The van der Waals surface area contributed by atoms with Crippen molar-refractivity contribution >= 4 is 11.5 Å². The Bertz CT molecular complexity index is 520. The second-order valence-corrected chi connectivity index (χ2v) is 3.30. The monoisotopic (exact) mass is 250 g/mol. The lowest BCUT2D eigenvalue weighted by atomic mass is 10.2. The summed E-state index contributed by atoms with van der Waals surface area (Å²) in [5, 5.41) is 13.1. The Morgan fingerprint density at radius 2 is 2.22 bits per heavy atom. The minimum Gasteiger partial charge on any atom is -0.462 e. The van der Waals surface area contributed by atoms with Gasteiger partial charge >= 0.3 is 5.97 Å². The maximum Gasteiger partial charge on any atom is 0.341 e. The molecular formula is C13H18N2O3. The topological polar surface area (TPSA) is 63.8 Å². The quantitative estimate of drug-likeness (QED) is 0.846. The van der Waals surface area contributed by atoms with Gasteiger partial charge in [-0.15, -0.1) is 0 Å². The van der Waals surface area contributed by atoms with Crippen molar-refractivity contribution in [2.45, 2.75) is 27.4 Å². The summed E-state index contributed by atoms with van der Waals surface area (Å²) >= 11 is 0. The van der Waals surface area contributed by atoms with Crippen molar-refractivity contribution in [1.29, 1.82) is 0 Å². The first-order valence-electron chi connectivity index (χ1n) is 6.00. The number of carbonyl (C=O) groups is 1. The molecular weight excluding hydrogens is 232 g/mol. The molecule has 0 radical (unpaired) electrons. The van der Waals surface area contributed by atoms with Gasteiger partial charge in [-0.25, -0.2) is 9.31 Å². The molecule has 2 aromatic rings. The fourth-order valence-electron chi connectivity index (χ4n) is 1.49. The van der Waals surface area contributed by atoms with Crippen LogP contribution in [0.3, 0.4) is 0 Å². The Balaban J connectivity index is 0.000000771. The Morgan fingerprint density at radius 3 is 2.83 bits per heavy atom. The van der Waals surface area contributed by atoms with Gasteiger partial charge in [0, 0.05) is 6.20 Å². The highest BCUT2D eigenvalue weighted by Crippen LogP contribution is 2.13. The number of aliphatic hydroxyl groups excluding tert-OH is 1. The smallest absolute Gasteiger partial charge is 0.341 e. The Labute approximate surface area is 106 Å². The van der Waals surface area contributed by atoms with Gasteiger partial charge in [0.1, 0.15) is 5.56 Å². The first-order valence-corrected chi connectivity index (χ1v) is 6.00. The van der Waals surface area contributed by atoms with Crippen molar-refractivity contribution in [3.63, 3.8) is 0 Å². The van der Waals surface area contributed by atoms with Crippen molar-refractivity contribution < 1.29 is 14.6 Å². The molecule has 2 aromatic heterocycles. The van der Waals surface area contributed by atoms with Gasteiger partial charge in [0.05, 0.1) is 24.9 Å². The number of aliphatic hydroxyl groups is 1. The highest BCUT2D eigenvalue weighted by Gasteiger charge is 2.13. The lowest BCUT2D eigenvalue weighted by Crippen LogP contribution is -2.04. The van der Waals surface area contributed by atoms with Crippen LogP contribution < -0.4 is 0 Å². The average Bonchev–Trinajstić information content (AvgIpc) is 2.84. The Morgan fingerprint density at radius 1 is 1.50 bits per heavy atom. The first kappa shape index (κ1) is 14.2. The van der Waals surface area contributed by atoms with Gasteiger partial charge in [-0.1, -0.05) is 13.8 Å². The summed E-state index contributed by atoms with van der Waals surface area (Å²) in [6, 6.07) is 3.47. The van der Waals surface area contributed by atoms with Crippen molar-refractivity contribution in [3.05, 3.63) is 35.7 Å². The summed E-state index contributed by atoms with van der Waals surface area (Å²) in [7, 11) is 0. The molecule has 0 aromatic carbocycles. The summed E-state index contributed by atoms with van der Waals surface area (Å²) in [6.45, 7) is 6.02. The van der Waals surface area contributed by atoms with E-state index in [1.54, 1.807) is 29.8 Å². The van der Waals surface area contributed by atoms with E-state index >= 15 is 0 Å². The van der Waals surface area contributed by atoms with E-state index in [-0.39, 0.29) is 6.61 Å². The zero-order chi connectivity index (χ0) is 13.5. The Kier molecular flexibility index (Phi) is 5.32. The van der Waals surface area contributed by atoms with Crippen LogP contribution in [0.25, 0.3) is 5.52 Å². The summed E-state index contributed by atoms with van der Waals surface area (Å²) in [5.41, 5.74) is 1.79. The van der Waals surface area contributed by atoms with Crippen LogP contribution in [-0.4, -0.2) is 27.3 Å². The third-order valence-corrected chi connectivity index (χ3v) is 2.26.